The third kappa shape index (κ3) is 4.14. The van der Waals surface area contributed by atoms with Gasteiger partial charge in [0.1, 0.15) is 4.21 Å². The van der Waals surface area contributed by atoms with Gasteiger partial charge in [-0.15, -0.1) is 22.7 Å². The molecule has 0 radical (unpaired) electrons. The van der Waals surface area contributed by atoms with Crippen LogP contribution < -0.4 is 5.32 Å². The van der Waals surface area contributed by atoms with Crippen molar-refractivity contribution < 1.29 is 13.2 Å². The van der Waals surface area contributed by atoms with Gasteiger partial charge in [-0.1, -0.05) is 18.5 Å². The van der Waals surface area contributed by atoms with Crippen LogP contribution in [-0.2, 0) is 27.7 Å². The monoisotopic (exact) mass is 459 g/mol. The average molecular weight is 460 g/mol. The summed E-state index contributed by atoms with van der Waals surface area (Å²) in [6.07, 6.45) is 4.17. The normalized spacial score (nSPS) is 21.4. The average Bonchev–Trinajstić information content (AvgIpc) is 3.27. The minimum absolute atomic E-state index is 0.0599. The number of fused-ring (bicyclic) bond motifs is 1. The van der Waals surface area contributed by atoms with Crippen molar-refractivity contribution >= 4 is 55.3 Å². The van der Waals surface area contributed by atoms with Gasteiger partial charge >= 0.3 is 0 Å². The van der Waals surface area contributed by atoms with Crippen molar-refractivity contribution in [1.82, 2.24) is 9.29 Å². The van der Waals surface area contributed by atoms with Crippen molar-refractivity contribution in [2.45, 2.75) is 43.2 Å². The summed E-state index contributed by atoms with van der Waals surface area (Å²) in [6, 6.07) is 3.12. The van der Waals surface area contributed by atoms with E-state index in [2.05, 4.69) is 17.2 Å². The fourth-order valence-electron chi connectivity index (χ4n) is 3.72. The summed E-state index contributed by atoms with van der Waals surface area (Å²) in [4.78, 5) is 18.5. The maximum absolute atomic E-state index is 12.7. The summed E-state index contributed by atoms with van der Waals surface area (Å²) < 4.78 is 27.5. The topological polar surface area (TPSA) is 79.4 Å². The number of nitrogens with zero attached hydrogens (tertiary/aromatic N) is 2. The zero-order valence-electron chi connectivity index (χ0n) is 15.5. The molecule has 0 unspecified atom stereocenters. The van der Waals surface area contributed by atoms with Crippen LogP contribution in [0.1, 0.15) is 36.8 Å². The van der Waals surface area contributed by atoms with Gasteiger partial charge in [-0.05, 0) is 50.2 Å². The lowest BCUT2D eigenvalue weighted by molar-refractivity contribution is -0.120. The van der Waals surface area contributed by atoms with E-state index < -0.39 is 10.0 Å². The summed E-state index contributed by atoms with van der Waals surface area (Å²) in [7, 11) is -3.53. The Labute approximate surface area is 178 Å². The van der Waals surface area contributed by atoms with Gasteiger partial charge in [-0.25, -0.2) is 13.4 Å². The second kappa shape index (κ2) is 8.02. The van der Waals surface area contributed by atoms with Crippen LogP contribution in [0.3, 0.4) is 0 Å². The molecule has 3 heterocycles. The molecule has 0 aromatic carbocycles. The van der Waals surface area contributed by atoms with Crippen molar-refractivity contribution in [3.63, 3.8) is 0 Å². The van der Waals surface area contributed by atoms with Gasteiger partial charge in [0.25, 0.3) is 10.0 Å². The number of sulfonamides is 1. The fraction of sp³-hybridized carbons (Fsp3) is 0.556. The number of carbonyl (C=O) groups is 1. The molecule has 152 valence electrons. The molecule has 1 N–H and O–H groups in total. The van der Waals surface area contributed by atoms with Crippen LogP contribution >= 0.6 is 34.3 Å². The molecule has 10 heteroatoms. The van der Waals surface area contributed by atoms with E-state index in [9.17, 15) is 13.2 Å². The van der Waals surface area contributed by atoms with Crippen LogP contribution in [0.5, 0.6) is 0 Å². The molecule has 1 aliphatic heterocycles. The van der Waals surface area contributed by atoms with Crippen LogP contribution in [0.4, 0.5) is 5.13 Å². The van der Waals surface area contributed by atoms with E-state index in [0.717, 1.165) is 36.3 Å². The lowest BCUT2D eigenvalue weighted by Gasteiger charge is -2.29. The number of thiazole rings is 1. The van der Waals surface area contributed by atoms with Crippen LogP contribution in [0.2, 0.25) is 4.34 Å². The van der Waals surface area contributed by atoms with E-state index in [1.54, 1.807) is 17.4 Å². The third-order valence-corrected chi connectivity index (χ3v) is 10.0. The van der Waals surface area contributed by atoms with E-state index in [-0.39, 0.29) is 16.0 Å². The van der Waals surface area contributed by atoms with Gasteiger partial charge < -0.3 is 5.32 Å². The third-order valence-electron chi connectivity index (χ3n) is 5.38. The van der Waals surface area contributed by atoms with Crippen LogP contribution in [0.15, 0.2) is 16.3 Å². The van der Waals surface area contributed by atoms with E-state index in [4.69, 9.17) is 11.6 Å². The Kier molecular flexibility index (Phi) is 5.81. The van der Waals surface area contributed by atoms with Crippen LogP contribution in [0, 0.1) is 11.8 Å². The molecule has 1 fully saturated rings. The number of carbonyl (C=O) groups excluding carboxylic acids is 1. The smallest absolute Gasteiger partial charge is 0.252 e. The first kappa shape index (κ1) is 20.3. The van der Waals surface area contributed by atoms with E-state index in [0.29, 0.717) is 41.3 Å². The Hall–Kier alpha value is -1.000. The number of rotatable bonds is 4. The lowest BCUT2D eigenvalue weighted by atomic mass is 9.93. The maximum atomic E-state index is 12.7. The largest absolute Gasteiger partial charge is 0.302 e. The summed E-state index contributed by atoms with van der Waals surface area (Å²) in [5.74, 6) is 0.412. The molecule has 6 nitrogen and oxygen atoms in total. The Morgan fingerprint density at radius 2 is 2.00 bits per heavy atom. The predicted octanol–water partition coefficient (Wildman–Crippen LogP) is 4.02. The molecular formula is C18H22ClN3O3S3. The highest BCUT2D eigenvalue weighted by molar-refractivity contribution is 7.91. The number of aryl methyl sites for hydroxylation is 1. The van der Waals surface area contributed by atoms with Gasteiger partial charge in [0.15, 0.2) is 5.13 Å². The molecule has 1 aliphatic carbocycles. The number of anilines is 1. The number of halogens is 1. The molecule has 2 aliphatic rings. The molecule has 28 heavy (non-hydrogen) atoms. The van der Waals surface area contributed by atoms with Crippen molar-refractivity contribution in [3.05, 3.63) is 27.0 Å². The van der Waals surface area contributed by atoms with Crippen LogP contribution in [0.25, 0.3) is 0 Å². The Morgan fingerprint density at radius 1 is 1.25 bits per heavy atom. The molecule has 0 saturated carbocycles. The SMILES string of the molecule is C[C@@H]1CCc2nc(NC(=O)C3CCN(S(=O)(=O)c4ccc(Cl)s4)CC3)sc2C1. The Bertz CT molecular complexity index is 977. The molecule has 1 saturated heterocycles. The number of thiophene rings is 1. The lowest BCUT2D eigenvalue weighted by Crippen LogP contribution is -2.41. The first-order valence-corrected chi connectivity index (χ1v) is 12.8. The van der Waals surface area contributed by atoms with Crippen molar-refractivity contribution in [2.75, 3.05) is 18.4 Å². The number of amides is 1. The van der Waals surface area contributed by atoms with Crippen molar-refractivity contribution in [1.29, 1.82) is 0 Å². The molecule has 1 amide bonds. The van der Waals surface area contributed by atoms with Crippen molar-refractivity contribution in [2.24, 2.45) is 11.8 Å². The van der Waals surface area contributed by atoms with Crippen LogP contribution in [-0.4, -0.2) is 36.7 Å². The van der Waals surface area contributed by atoms with E-state index in [1.807, 2.05) is 0 Å². The fourth-order valence-corrected chi connectivity index (χ4v) is 8.00. The maximum Gasteiger partial charge on any atom is 0.252 e. The zero-order valence-corrected chi connectivity index (χ0v) is 18.7. The van der Waals surface area contributed by atoms with E-state index >= 15 is 0 Å². The minimum atomic E-state index is -3.53. The predicted molar refractivity (Wildman–Crippen MR) is 113 cm³/mol. The standard InChI is InChI=1S/C18H22ClN3O3S3/c1-11-2-3-13-14(10-11)26-18(20-13)21-17(23)12-6-8-22(9-7-12)28(24,25)16-5-4-15(19)27-16/h4-5,11-12H,2-3,6-10H2,1H3,(H,20,21,23)/t11-/m1/s1. The number of hydrogen-bond donors (Lipinski definition) is 1. The van der Waals surface area contributed by atoms with Gasteiger partial charge in [-0.2, -0.15) is 4.31 Å². The first-order valence-electron chi connectivity index (χ1n) is 9.38. The van der Waals surface area contributed by atoms with Gasteiger partial charge in [0, 0.05) is 23.9 Å². The zero-order chi connectivity index (χ0) is 19.9. The molecule has 1 atom stereocenters. The number of hydrogen-bond acceptors (Lipinski definition) is 6. The highest BCUT2D eigenvalue weighted by Gasteiger charge is 2.33. The summed E-state index contributed by atoms with van der Waals surface area (Å²) >= 11 is 8.51. The summed E-state index contributed by atoms with van der Waals surface area (Å²) in [5.41, 5.74) is 1.12. The van der Waals surface area contributed by atoms with Crippen molar-refractivity contribution in [3.8, 4) is 0 Å². The first-order chi connectivity index (χ1) is 13.3. The Balaban J connectivity index is 1.35. The molecule has 0 bridgehead atoms. The molecule has 2 aromatic rings. The Morgan fingerprint density at radius 3 is 2.68 bits per heavy atom. The number of nitrogens with one attached hydrogen (secondary N) is 1. The number of aromatic nitrogens is 1. The van der Waals surface area contributed by atoms with Gasteiger partial charge in [0.05, 0.1) is 10.0 Å². The highest BCUT2D eigenvalue weighted by Crippen LogP contribution is 2.33. The summed E-state index contributed by atoms with van der Waals surface area (Å²) in [6.45, 7) is 2.91. The molecule has 4 rings (SSSR count). The van der Waals surface area contributed by atoms with Gasteiger partial charge in [0.2, 0.25) is 5.91 Å². The van der Waals surface area contributed by atoms with Gasteiger partial charge in [-0.3, -0.25) is 4.79 Å². The minimum Gasteiger partial charge on any atom is -0.302 e. The summed E-state index contributed by atoms with van der Waals surface area (Å²) in [5, 5.41) is 3.63. The molecule has 0 spiro atoms. The number of piperidine rings is 1. The highest BCUT2D eigenvalue weighted by atomic mass is 35.5. The second-order valence-electron chi connectivity index (χ2n) is 7.46. The quantitative estimate of drug-likeness (QED) is 0.748. The molecular weight excluding hydrogens is 438 g/mol. The van der Waals surface area contributed by atoms with E-state index in [1.165, 1.54) is 15.2 Å². The second-order valence-corrected chi connectivity index (χ2v) is 12.4. The molecule has 2 aromatic heterocycles.